The standard InChI is InChI=1S/C21H21N5O3S.C20H19N5O/c1-14-12-15(8-11-29-30(2,27)28)5-6-18(14)25-21-23-10-7-19(26-21)17-13-24-20-16(17)4-3-9-22-20;1-13-11-14(7-10-26)4-5-17(13)24-20-22-9-6-18(25-20)16-12-23-19-15(16)3-2-8-21-19/h3-7,9-10,12-13H,8,11H2,1-2H3,(H,22,24)(H,23,25,26);2-6,8-9,11-12,26H,7,10H2,1H3,(H,21,23)(H,22,24,25). The zero-order valence-electron chi connectivity index (χ0n) is 31.0. The number of aromatic nitrogens is 8. The number of aliphatic hydroxyl groups excluding tert-OH is 1. The van der Waals surface area contributed by atoms with Gasteiger partial charge in [0, 0.05) is 77.1 Å². The van der Waals surface area contributed by atoms with Gasteiger partial charge in [-0.2, -0.15) is 8.42 Å². The number of hydrogen-bond acceptors (Lipinski definition) is 12. The number of aryl methyl sites for hydroxylation is 2. The highest BCUT2D eigenvalue weighted by molar-refractivity contribution is 7.85. The van der Waals surface area contributed by atoms with Gasteiger partial charge in [-0.05, 0) is 97.5 Å². The van der Waals surface area contributed by atoms with Crippen molar-refractivity contribution in [3.05, 3.63) is 132 Å². The van der Waals surface area contributed by atoms with Crippen molar-refractivity contribution in [3.8, 4) is 22.5 Å². The minimum Gasteiger partial charge on any atom is -0.396 e. The molecule has 0 bridgehead atoms. The third-order valence-electron chi connectivity index (χ3n) is 8.93. The second kappa shape index (κ2) is 16.9. The normalized spacial score (nSPS) is 11.4. The topological polar surface area (TPSA) is 197 Å². The highest BCUT2D eigenvalue weighted by Gasteiger charge is 2.12. The molecule has 0 amide bonds. The van der Waals surface area contributed by atoms with Gasteiger partial charge in [-0.3, -0.25) is 4.18 Å². The summed E-state index contributed by atoms with van der Waals surface area (Å²) in [4.78, 5) is 32.9. The van der Waals surface area contributed by atoms with Gasteiger partial charge in [-0.15, -0.1) is 0 Å². The predicted octanol–water partition coefficient (Wildman–Crippen LogP) is 7.20. The van der Waals surface area contributed by atoms with Gasteiger partial charge in [-0.25, -0.2) is 29.9 Å². The Morgan fingerprint density at radius 2 is 1.16 bits per heavy atom. The molecule has 0 radical (unpaired) electrons. The fourth-order valence-corrected chi connectivity index (χ4v) is 6.58. The summed E-state index contributed by atoms with van der Waals surface area (Å²) in [6, 6.07) is 23.5. The molecule has 6 aromatic heterocycles. The number of hydrogen-bond donors (Lipinski definition) is 5. The van der Waals surface area contributed by atoms with Gasteiger partial charge in [0.1, 0.15) is 11.3 Å². The molecule has 56 heavy (non-hydrogen) atoms. The zero-order valence-corrected chi connectivity index (χ0v) is 31.8. The molecule has 14 nitrogen and oxygen atoms in total. The highest BCUT2D eigenvalue weighted by atomic mass is 32.2. The molecule has 15 heteroatoms. The molecule has 0 aliphatic rings. The van der Waals surface area contributed by atoms with Gasteiger partial charge in [0.2, 0.25) is 11.9 Å². The summed E-state index contributed by atoms with van der Waals surface area (Å²) >= 11 is 0. The van der Waals surface area contributed by atoms with Crippen molar-refractivity contribution in [2.75, 3.05) is 30.1 Å². The Labute approximate surface area is 323 Å². The second-order valence-corrected chi connectivity index (χ2v) is 14.7. The van der Waals surface area contributed by atoms with Gasteiger partial charge < -0.3 is 25.7 Å². The summed E-state index contributed by atoms with van der Waals surface area (Å²) in [5, 5.41) is 17.6. The molecule has 0 atom stereocenters. The number of nitrogens with zero attached hydrogens (tertiary/aromatic N) is 6. The Balaban J connectivity index is 0.000000173. The molecular weight excluding hydrogens is 729 g/mol. The van der Waals surface area contributed by atoms with Crippen LogP contribution in [0.5, 0.6) is 0 Å². The largest absolute Gasteiger partial charge is 0.396 e. The van der Waals surface area contributed by atoms with E-state index in [1.165, 1.54) is 0 Å². The molecule has 0 spiro atoms. The Morgan fingerprint density at radius 3 is 1.62 bits per heavy atom. The molecular formula is C41H40N10O4S. The van der Waals surface area contributed by atoms with Crippen LogP contribution in [0.15, 0.2) is 110 Å². The lowest BCUT2D eigenvalue weighted by molar-refractivity contribution is 0.299. The van der Waals surface area contributed by atoms with Gasteiger partial charge in [0.15, 0.2) is 0 Å². The second-order valence-electron chi connectivity index (χ2n) is 13.0. The molecule has 0 aliphatic carbocycles. The molecule has 284 valence electrons. The van der Waals surface area contributed by atoms with Crippen LogP contribution in [0.3, 0.4) is 0 Å². The number of H-pyrrole nitrogens is 2. The number of benzene rings is 2. The van der Waals surface area contributed by atoms with E-state index in [0.717, 1.165) is 84.5 Å². The summed E-state index contributed by atoms with van der Waals surface area (Å²) in [6.45, 7) is 4.27. The monoisotopic (exact) mass is 768 g/mol. The van der Waals surface area contributed by atoms with E-state index in [4.69, 9.17) is 9.29 Å². The Morgan fingerprint density at radius 1 is 0.661 bits per heavy atom. The molecule has 0 saturated carbocycles. The third kappa shape index (κ3) is 9.21. The van der Waals surface area contributed by atoms with Gasteiger partial charge >= 0.3 is 0 Å². The minimum atomic E-state index is -3.42. The van der Waals surface area contributed by atoms with Crippen molar-refractivity contribution in [1.82, 2.24) is 39.9 Å². The molecule has 8 aromatic rings. The molecule has 0 aliphatic heterocycles. The fraction of sp³-hybridized carbons (Fsp3) is 0.171. The van der Waals surface area contributed by atoms with E-state index >= 15 is 0 Å². The predicted molar refractivity (Wildman–Crippen MR) is 218 cm³/mol. The van der Waals surface area contributed by atoms with E-state index < -0.39 is 10.1 Å². The van der Waals surface area contributed by atoms with Crippen molar-refractivity contribution < 1.29 is 17.7 Å². The molecule has 0 fully saturated rings. The lowest BCUT2D eigenvalue weighted by Crippen LogP contribution is -2.06. The van der Waals surface area contributed by atoms with Crippen LogP contribution in [-0.4, -0.2) is 72.9 Å². The zero-order chi connectivity index (χ0) is 39.1. The van der Waals surface area contributed by atoms with Crippen molar-refractivity contribution >= 4 is 55.5 Å². The number of aromatic amines is 2. The maximum Gasteiger partial charge on any atom is 0.264 e. The minimum absolute atomic E-state index is 0.121. The Bertz CT molecular complexity index is 2730. The van der Waals surface area contributed by atoms with E-state index in [0.29, 0.717) is 24.7 Å². The summed E-state index contributed by atoms with van der Waals surface area (Å²) in [7, 11) is -3.42. The smallest absolute Gasteiger partial charge is 0.264 e. The average Bonchev–Trinajstić information content (AvgIpc) is 3.82. The Kier molecular flexibility index (Phi) is 11.4. The van der Waals surface area contributed by atoms with Crippen LogP contribution in [0.2, 0.25) is 0 Å². The number of nitrogens with one attached hydrogen (secondary N) is 4. The number of aliphatic hydroxyl groups is 1. The van der Waals surface area contributed by atoms with E-state index in [1.54, 1.807) is 24.8 Å². The van der Waals surface area contributed by atoms with Crippen LogP contribution in [-0.2, 0) is 27.1 Å². The summed E-state index contributed by atoms with van der Waals surface area (Å²) in [5.41, 5.74) is 11.2. The van der Waals surface area contributed by atoms with Gasteiger partial charge in [0.05, 0.1) is 24.3 Å². The van der Waals surface area contributed by atoms with Crippen LogP contribution >= 0.6 is 0 Å². The van der Waals surface area contributed by atoms with E-state index in [9.17, 15) is 8.42 Å². The molecule has 5 N–H and O–H groups in total. The van der Waals surface area contributed by atoms with Crippen molar-refractivity contribution in [1.29, 1.82) is 0 Å². The van der Waals surface area contributed by atoms with E-state index in [2.05, 4.69) is 56.6 Å². The number of fused-ring (bicyclic) bond motifs is 2. The lowest BCUT2D eigenvalue weighted by Gasteiger charge is -2.11. The summed E-state index contributed by atoms with van der Waals surface area (Å²) in [5.74, 6) is 1.03. The molecule has 0 saturated heterocycles. The Hall–Kier alpha value is -6.55. The first-order valence-electron chi connectivity index (χ1n) is 17.8. The van der Waals surface area contributed by atoms with Crippen molar-refractivity contribution in [3.63, 3.8) is 0 Å². The van der Waals surface area contributed by atoms with Crippen LogP contribution < -0.4 is 10.6 Å². The maximum atomic E-state index is 11.1. The summed E-state index contributed by atoms with van der Waals surface area (Å²) < 4.78 is 27.0. The maximum absolute atomic E-state index is 11.1. The van der Waals surface area contributed by atoms with Crippen molar-refractivity contribution in [2.24, 2.45) is 0 Å². The van der Waals surface area contributed by atoms with Crippen molar-refractivity contribution in [2.45, 2.75) is 26.7 Å². The number of anilines is 4. The fourth-order valence-electron chi connectivity index (χ4n) is 6.20. The number of pyridine rings is 2. The van der Waals surface area contributed by atoms with E-state index in [1.807, 2.05) is 93.0 Å². The van der Waals surface area contributed by atoms with Crippen LogP contribution in [0.1, 0.15) is 22.3 Å². The van der Waals surface area contributed by atoms with Crippen LogP contribution in [0.4, 0.5) is 23.3 Å². The molecule has 8 rings (SSSR count). The average molecular weight is 769 g/mol. The summed E-state index contributed by atoms with van der Waals surface area (Å²) in [6.07, 6.45) is 13.0. The quantitative estimate of drug-likeness (QED) is 0.0786. The lowest BCUT2D eigenvalue weighted by atomic mass is 10.1. The first kappa shape index (κ1) is 37.8. The van der Waals surface area contributed by atoms with Gasteiger partial charge in [-0.1, -0.05) is 24.3 Å². The van der Waals surface area contributed by atoms with E-state index in [-0.39, 0.29) is 13.2 Å². The van der Waals surface area contributed by atoms with Gasteiger partial charge in [0.25, 0.3) is 10.1 Å². The number of rotatable bonds is 12. The molecule has 6 heterocycles. The highest BCUT2D eigenvalue weighted by Crippen LogP contribution is 2.29. The first-order chi connectivity index (χ1) is 27.1. The molecule has 2 aromatic carbocycles. The SMILES string of the molecule is Cc1cc(CCO)ccc1Nc1nccc(-c2c[nH]c3ncccc23)n1.Cc1cc(CCOS(C)(=O)=O)ccc1Nc1nccc(-c2c[nH]c3ncccc23)n1. The molecule has 0 unspecified atom stereocenters. The first-order valence-corrected chi connectivity index (χ1v) is 19.6. The third-order valence-corrected chi connectivity index (χ3v) is 9.52. The van der Waals surface area contributed by atoms with Crippen LogP contribution in [0.25, 0.3) is 44.6 Å². The van der Waals surface area contributed by atoms with Crippen LogP contribution in [0, 0.1) is 13.8 Å².